The van der Waals surface area contributed by atoms with E-state index in [1.807, 2.05) is 36.4 Å². The summed E-state index contributed by atoms with van der Waals surface area (Å²) in [6.45, 7) is 4.31. The molecule has 0 aliphatic rings. The maximum atomic E-state index is 5.19. The molecular formula is C24H28Cl2O4SiZr. The first-order valence-electron chi connectivity index (χ1n) is 9.62. The van der Waals surface area contributed by atoms with Crippen LogP contribution in [-0.4, -0.2) is 38.0 Å². The molecule has 0 spiro atoms. The first-order chi connectivity index (χ1) is 15.5. The minimum absolute atomic E-state index is 0.779. The number of fused-ring (bicyclic) bond motifs is 2. The predicted octanol–water partition coefficient (Wildman–Crippen LogP) is 7.32. The Hall–Kier alpha value is -1.46. The van der Waals surface area contributed by atoms with Crippen LogP contribution >= 0.6 is 17.0 Å². The Labute approximate surface area is 211 Å². The molecule has 170 valence electrons. The zero-order valence-electron chi connectivity index (χ0n) is 19.2. The van der Waals surface area contributed by atoms with Crippen molar-refractivity contribution in [1.29, 1.82) is 0 Å². The van der Waals surface area contributed by atoms with E-state index in [0.717, 1.165) is 32.5 Å². The number of ether oxygens (including phenoxy) is 4. The molecule has 0 aliphatic carbocycles. The molecule has 8 heteroatoms. The molecule has 2 radical (unpaired) electrons. The molecule has 0 bridgehead atoms. The maximum absolute atomic E-state index is 5.19. The zero-order valence-corrected chi connectivity index (χ0v) is 24.1. The van der Waals surface area contributed by atoms with E-state index in [-0.39, 0.29) is 0 Å². The van der Waals surface area contributed by atoms with Gasteiger partial charge in [-0.3, -0.25) is 0 Å². The molecule has 0 saturated heterocycles. The summed E-state index contributed by atoms with van der Waals surface area (Å²) >= 11 is -0.826. The van der Waals surface area contributed by atoms with Crippen molar-refractivity contribution in [2.75, 3.05) is 28.4 Å². The van der Waals surface area contributed by atoms with Crippen molar-refractivity contribution in [2.45, 2.75) is 13.1 Å². The Morgan fingerprint density at radius 3 is 1.22 bits per heavy atom. The Morgan fingerprint density at radius 2 is 0.938 bits per heavy atom. The molecule has 0 heterocycles. The van der Waals surface area contributed by atoms with Crippen molar-refractivity contribution in [3.8, 4) is 23.0 Å². The fraction of sp³-hybridized carbons (Fsp3) is 0.250. The fourth-order valence-electron chi connectivity index (χ4n) is 2.91. The summed E-state index contributed by atoms with van der Waals surface area (Å²) in [5, 5.41) is 4.71. The number of halogens is 2. The van der Waals surface area contributed by atoms with Crippen LogP contribution in [-0.2, 0) is 20.8 Å². The topological polar surface area (TPSA) is 36.9 Å². The van der Waals surface area contributed by atoms with Crippen LogP contribution in [0.4, 0.5) is 0 Å². The van der Waals surface area contributed by atoms with Gasteiger partial charge < -0.3 is 18.9 Å². The second-order valence-electron chi connectivity index (χ2n) is 6.30. The third-order valence-electron chi connectivity index (χ3n) is 4.28. The molecule has 0 saturated carbocycles. The second-order valence-corrected chi connectivity index (χ2v) is 11.0. The Balaban J connectivity index is 0.000000258. The van der Waals surface area contributed by atoms with Crippen molar-refractivity contribution in [1.82, 2.24) is 0 Å². The quantitative estimate of drug-likeness (QED) is 0.190. The Kier molecular flexibility index (Phi) is 14.5. The summed E-state index contributed by atoms with van der Waals surface area (Å²) in [6.07, 6.45) is 0. The van der Waals surface area contributed by atoms with E-state index in [9.17, 15) is 0 Å². The standard InChI is InChI=1S/2C11H11O2.C2H6Si.2ClH.Zr/c2*1-12-10-6-8-4-3-5-9(8)7-11(10)13-2;1-3-2;;;/h2*3-7H,1-2H3;1-2H3;2*1H;/q2*-1;;;;+4/p-2. The number of hydrogen-bond acceptors (Lipinski definition) is 4. The van der Waals surface area contributed by atoms with Crippen LogP contribution in [0.25, 0.3) is 21.5 Å². The van der Waals surface area contributed by atoms with Crippen LogP contribution in [0.5, 0.6) is 23.0 Å². The third-order valence-corrected chi connectivity index (χ3v) is 4.28. The van der Waals surface area contributed by atoms with Gasteiger partial charge in [0.2, 0.25) is 0 Å². The molecule has 4 aromatic carbocycles. The molecule has 4 aromatic rings. The molecule has 32 heavy (non-hydrogen) atoms. The van der Waals surface area contributed by atoms with E-state index >= 15 is 0 Å². The molecule has 4 rings (SSSR count). The monoisotopic (exact) mass is 568 g/mol. The van der Waals surface area contributed by atoms with E-state index in [2.05, 4.69) is 37.4 Å². The SMILES string of the molecule is COc1cc2cc[cH-]c2cc1OC.COc1cc2cc[cH-]c2cc1OC.C[Si]C.[Cl][Zr+2][Cl]. The number of methoxy groups -OCH3 is 4. The van der Waals surface area contributed by atoms with E-state index in [0.29, 0.717) is 0 Å². The number of hydrogen-bond donors (Lipinski definition) is 0. The summed E-state index contributed by atoms with van der Waals surface area (Å²) < 4.78 is 20.8. The van der Waals surface area contributed by atoms with Gasteiger partial charge in [-0.15, -0.1) is 33.7 Å². The van der Waals surface area contributed by atoms with Gasteiger partial charge in [0.05, 0.1) is 28.4 Å². The van der Waals surface area contributed by atoms with Gasteiger partial charge >= 0.3 is 37.9 Å². The molecule has 0 fully saturated rings. The molecule has 4 nitrogen and oxygen atoms in total. The van der Waals surface area contributed by atoms with Crippen molar-refractivity contribution in [2.24, 2.45) is 0 Å². The van der Waals surface area contributed by atoms with E-state index in [1.54, 1.807) is 28.4 Å². The molecule has 0 atom stereocenters. The van der Waals surface area contributed by atoms with Gasteiger partial charge in [-0.05, 0) is 0 Å². The molecule has 0 unspecified atom stereocenters. The van der Waals surface area contributed by atoms with Gasteiger partial charge in [-0.25, -0.2) is 0 Å². The van der Waals surface area contributed by atoms with E-state index in [4.69, 9.17) is 36.0 Å². The first-order valence-corrected chi connectivity index (χ1v) is 18.0. The number of rotatable bonds is 4. The summed E-state index contributed by atoms with van der Waals surface area (Å²) in [5.41, 5.74) is 0. The molecule has 0 aromatic heterocycles. The van der Waals surface area contributed by atoms with Crippen LogP contribution in [0.2, 0.25) is 13.1 Å². The molecular weight excluding hydrogens is 542 g/mol. The second kappa shape index (κ2) is 16.2. The minimum atomic E-state index is -0.826. The van der Waals surface area contributed by atoms with Crippen LogP contribution in [0.15, 0.2) is 60.7 Å². The van der Waals surface area contributed by atoms with Crippen LogP contribution in [0, 0.1) is 0 Å². The van der Waals surface area contributed by atoms with Crippen LogP contribution < -0.4 is 18.9 Å². The van der Waals surface area contributed by atoms with Gasteiger partial charge in [0.25, 0.3) is 0 Å². The average Bonchev–Trinajstić information content (AvgIpc) is 3.46. The van der Waals surface area contributed by atoms with Gasteiger partial charge in [0.1, 0.15) is 23.0 Å². The Bertz CT molecular complexity index is 889. The van der Waals surface area contributed by atoms with Crippen molar-refractivity contribution < 1.29 is 39.8 Å². The van der Waals surface area contributed by atoms with Crippen molar-refractivity contribution >= 4 is 48.1 Å². The normalized spacial score (nSPS) is 9.25. The first kappa shape index (κ1) is 28.6. The van der Waals surface area contributed by atoms with Crippen molar-refractivity contribution in [3.63, 3.8) is 0 Å². The van der Waals surface area contributed by atoms with Crippen LogP contribution in [0.3, 0.4) is 0 Å². The summed E-state index contributed by atoms with van der Waals surface area (Å²) in [6, 6.07) is 20.2. The van der Waals surface area contributed by atoms with Gasteiger partial charge in [-0.1, -0.05) is 37.4 Å². The average molecular weight is 571 g/mol. The van der Waals surface area contributed by atoms with Gasteiger partial charge in [0, 0.05) is 9.52 Å². The summed E-state index contributed by atoms with van der Waals surface area (Å²) in [7, 11) is 17.5. The summed E-state index contributed by atoms with van der Waals surface area (Å²) in [4.78, 5) is 0. The van der Waals surface area contributed by atoms with E-state index in [1.165, 1.54) is 21.5 Å². The van der Waals surface area contributed by atoms with Crippen molar-refractivity contribution in [3.05, 3.63) is 60.7 Å². The molecule has 0 amide bonds. The predicted molar refractivity (Wildman–Crippen MR) is 134 cm³/mol. The Morgan fingerprint density at radius 1 is 0.656 bits per heavy atom. The molecule has 0 N–H and O–H groups in total. The third kappa shape index (κ3) is 8.47. The number of benzene rings is 2. The van der Waals surface area contributed by atoms with Gasteiger partial charge in [0.15, 0.2) is 0 Å². The summed E-state index contributed by atoms with van der Waals surface area (Å²) in [5.74, 6) is 3.12. The van der Waals surface area contributed by atoms with Crippen LogP contribution in [0.1, 0.15) is 0 Å². The fourth-order valence-corrected chi connectivity index (χ4v) is 2.91. The van der Waals surface area contributed by atoms with Gasteiger partial charge in [-0.2, -0.15) is 24.3 Å². The zero-order chi connectivity index (χ0) is 23.9. The van der Waals surface area contributed by atoms with E-state index < -0.39 is 20.8 Å². The molecule has 0 aliphatic heterocycles.